The maximum atomic E-state index is 11.1. The molecule has 3 N–H and O–H groups in total. The molecular formula is C14H22N4O2. The smallest absolute Gasteiger partial charge is 0.337 e. The molecule has 0 aliphatic carbocycles. The monoisotopic (exact) mass is 278 g/mol. The van der Waals surface area contributed by atoms with Crippen LogP contribution in [0.5, 0.6) is 0 Å². The molecule has 1 aliphatic rings. The van der Waals surface area contributed by atoms with Crippen molar-refractivity contribution in [2.45, 2.75) is 26.3 Å². The Morgan fingerprint density at radius 1 is 1.30 bits per heavy atom. The summed E-state index contributed by atoms with van der Waals surface area (Å²) in [6.45, 7) is 10.2. The Balaban J connectivity index is 2.11. The first-order valence-corrected chi connectivity index (χ1v) is 6.78. The number of rotatable bonds is 2. The summed E-state index contributed by atoms with van der Waals surface area (Å²) in [7, 11) is 0. The lowest BCUT2D eigenvalue weighted by atomic mass is 10.0. The number of carboxylic acids is 1. The number of nitrogens with zero attached hydrogens (tertiary/aromatic N) is 3. The number of pyridine rings is 1. The molecule has 1 aliphatic heterocycles. The van der Waals surface area contributed by atoms with Crippen LogP contribution in [0.4, 0.5) is 11.5 Å². The Morgan fingerprint density at radius 2 is 1.90 bits per heavy atom. The second-order valence-corrected chi connectivity index (χ2v) is 6.08. The standard InChI is InChI=1S/C14H22N4O2/c1-14(2,3)18-6-4-17(5-7-18)12-8-10(13(19)20)11(15)9-16-12/h8-9H,4-7,15H2,1-3H3,(H,19,20). The number of piperazine rings is 1. The largest absolute Gasteiger partial charge is 0.478 e. The highest BCUT2D eigenvalue weighted by atomic mass is 16.4. The summed E-state index contributed by atoms with van der Waals surface area (Å²) in [6, 6.07) is 1.56. The van der Waals surface area contributed by atoms with Crippen molar-refractivity contribution in [3.05, 3.63) is 17.8 Å². The Kier molecular flexibility index (Phi) is 3.85. The fourth-order valence-corrected chi connectivity index (χ4v) is 2.42. The number of anilines is 2. The molecule has 1 fully saturated rings. The summed E-state index contributed by atoms with van der Waals surface area (Å²) in [4.78, 5) is 19.9. The van der Waals surface area contributed by atoms with E-state index in [2.05, 4.69) is 35.6 Å². The first kappa shape index (κ1) is 14.6. The Bertz CT molecular complexity index is 502. The van der Waals surface area contributed by atoms with Crippen molar-refractivity contribution in [2.24, 2.45) is 0 Å². The van der Waals surface area contributed by atoms with E-state index in [0.29, 0.717) is 5.82 Å². The predicted molar refractivity (Wildman–Crippen MR) is 79.1 cm³/mol. The first-order chi connectivity index (χ1) is 9.29. The van der Waals surface area contributed by atoms with E-state index in [1.54, 1.807) is 6.07 Å². The third-order valence-electron chi connectivity index (χ3n) is 3.70. The van der Waals surface area contributed by atoms with Crippen molar-refractivity contribution in [3.8, 4) is 0 Å². The Hall–Kier alpha value is -1.82. The number of nitrogens with two attached hydrogens (primary N) is 1. The zero-order valence-corrected chi connectivity index (χ0v) is 12.3. The van der Waals surface area contributed by atoms with Crippen molar-refractivity contribution in [2.75, 3.05) is 36.8 Å². The third-order valence-corrected chi connectivity index (χ3v) is 3.70. The summed E-state index contributed by atoms with van der Waals surface area (Å²) >= 11 is 0. The van der Waals surface area contributed by atoms with E-state index in [9.17, 15) is 4.79 Å². The van der Waals surface area contributed by atoms with Crippen molar-refractivity contribution >= 4 is 17.5 Å². The number of aromatic carboxylic acids is 1. The van der Waals surface area contributed by atoms with Crippen LogP contribution in [0, 0.1) is 0 Å². The minimum Gasteiger partial charge on any atom is -0.478 e. The maximum Gasteiger partial charge on any atom is 0.337 e. The maximum absolute atomic E-state index is 11.1. The van der Waals surface area contributed by atoms with Crippen LogP contribution in [0.15, 0.2) is 12.3 Å². The van der Waals surface area contributed by atoms with Gasteiger partial charge in [0, 0.05) is 31.7 Å². The highest BCUT2D eigenvalue weighted by Gasteiger charge is 2.26. The van der Waals surface area contributed by atoms with Crippen LogP contribution in [-0.2, 0) is 0 Å². The lowest BCUT2D eigenvalue weighted by Gasteiger charge is -2.42. The molecule has 6 heteroatoms. The van der Waals surface area contributed by atoms with E-state index in [4.69, 9.17) is 10.8 Å². The zero-order chi connectivity index (χ0) is 14.9. The summed E-state index contributed by atoms with van der Waals surface area (Å²) in [5.41, 5.74) is 6.11. The van der Waals surface area contributed by atoms with Crippen molar-refractivity contribution in [3.63, 3.8) is 0 Å². The highest BCUT2D eigenvalue weighted by Crippen LogP contribution is 2.22. The van der Waals surface area contributed by atoms with Crippen LogP contribution < -0.4 is 10.6 Å². The topological polar surface area (TPSA) is 82.7 Å². The van der Waals surface area contributed by atoms with Crippen LogP contribution in [0.1, 0.15) is 31.1 Å². The Labute approximate surface area is 119 Å². The summed E-state index contributed by atoms with van der Waals surface area (Å²) < 4.78 is 0. The molecule has 0 atom stereocenters. The van der Waals surface area contributed by atoms with Gasteiger partial charge in [-0.25, -0.2) is 9.78 Å². The van der Waals surface area contributed by atoms with Gasteiger partial charge in [0.05, 0.1) is 17.4 Å². The van der Waals surface area contributed by atoms with Gasteiger partial charge in [0.15, 0.2) is 0 Å². The molecule has 0 radical (unpaired) electrons. The lowest BCUT2D eigenvalue weighted by molar-refractivity contribution is 0.0698. The van der Waals surface area contributed by atoms with Gasteiger partial charge in [-0.05, 0) is 26.8 Å². The minimum absolute atomic E-state index is 0.119. The molecule has 0 spiro atoms. The van der Waals surface area contributed by atoms with Crippen LogP contribution in [-0.4, -0.2) is 52.7 Å². The van der Waals surface area contributed by atoms with E-state index in [-0.39, 0.29) is 16.8 Å². The molecular weight excluding hydrogens is 256 g/mol. The van der Waals surface area contributed by atoms with Gasteiger partial charge in [-0.3, -0.25) is 4.90 Å². The van der Waals surface area contributed by atoms with Gasteiger partial charge in [0.2, 0.25) is 0 Å². The van der Waals surface area contributed by atoms with E-state index >= 15 is 0 Å². The molecule has 6 nitrogen and oxygen atoms in total. The second-order valence-electron chi connectivity index (χ2n) is 6.08. The van der Waals surface area contributed by atoms with Gasteiger partial charge >= 0.3 is 5.97 Å². The molecule has 2 rings (SSSR count). The SMILES string of the molecule is CC(C)(C)N1CCN(c2cc(C(=O)O)c(N)cn2)CC1. The molecule has 0 unspecified atom stereocenters. The van der Waals surface area contributed by atoms with Gasteiger partial charge in [-0.2, -0.15) is 0 Å². The van der Waals surface area contributed by atoms with Crippen LogP contribution >= 0.6 is 0 Å². The lowest BCUT2D eigenvalue weighted by Crippen LogP contribution is -2.53. The molecule has 0 aromatic carbocycles. The number of nitrogen functional groups attached to an aromatic ring is 1. The van der Waals surface area contributed by atoms with Crippen LogP contribution in [0.3, 0.4) is 0 Å². The fraction of sp³-hybridized carbons (Fsp3) is 0.571. The molecule has 0 saturated carbocycles. The van der Waals surface area contributed by atoms with Gasteiger partial charge in [0.1, 0.15) is 5.82 Å². The second kappa shape index (κ2) is 5.28. The van der Waals surface area contributed by atoms with Crippen molar-refractivity contribution in [1.29, 1.82) is 0 Å². The number of hydrogen-bond acceptors (Lipinski definition) is 5. The normalized spacial score (nSPS) is 17.2. The molecule has 0 bridgehead atoms. The fourth-order valence-electron chi connectivity index (χ4n) is 2.42. The summed E-state index contributed by atoms with van der Waals surface area (Å²) in [6.07, 6.45) is 1.43. The van der Waals surface area contributed by atoms with E-state index in [0.717, 1.165) is 26.2 Å². The Morgan fingerprint density at radius 3 is 2.40 bits per heavy atom. The third kappa shape index (κ3) is 3.01. The molecule has 2 heterocycles. The molecule has 1 aromatic rings. The summed E-state index contributed by atoms with van der Waals surface area (Å²) in [5.74, 6) is -0.329. The number of aromatic nitrogens is 1. The molecule has 1 saturated heterocycles. The average Bonchev–Trinajstić information content (AvgIpc) is 2.38. The summed E-state index contributed by atoms with van der Waals surface area (Å²) in [5, 5.41) is 9.10. The van der Waals surface area contributed by atoms with Gasteiger partial charge in [0.25, 0.3) is 0 Å². The van der Waals surface area contributed by atoms with Gasteiger partial charge in [-0.1, -0.05) is 0 Å². The van der Waals surface area contributed by atoms with Gasteiger partial charge in [-0.15, -0.1) is 0 Å². The predicted octanol–water partition coefficient (Wildman–Crippen LogP) is 1.28. The number of carboxylic acid groups (broad SMARTS) is 1. The minimum atomic E-state index is -1.01. The molecule has 20 heavy (non-hydrogen) atoms. The van der Waals surface area contributed by atoms with Crippen LogP contribution in [0.2, 0.25) is 0 Å². The molecule has 1 aromatic heterocycles. The highest BCUT2D eigenvalue weighted by molar-refractivity contribution is 5.94. The molecule has 0 amide bonds. The van der Waals surface area contributed by atoms with E-state index < -0.39 is 5.97 Å². The van der Waals surface area contributed by atoms with E-state index in [1.165, 1.54) is 6.20 Å². The molecule has 110 valence electrons. The van der Waals surface area contributed by atoms with Gasteiger partial charge < -0.3 is 15.7 Å². The number of hydrogen-bond donors (Lipinski definition) is 2. The van der Waals surface area contributed by atoms with E-state index in [1.807, 2.05) is 0 Å². The van der Waals surface area contributed by atoms with Crippen LogP contribution in [0.25, 0.3) is 0 Å². The van der Waals surface area contributed by atoms with Crippen molar-refractivity contribution < 1.29 is 9.90 Å². The average molecular weight is 278 g/mol. The van der Waals surface area contributed by atoms with Crippen molar-refractivity contribution in [1.82, 2.24) is 9.88 Å². The number of carbonyl (C=O) groups is 1. The first-order valence-electron chi connectivity index (χ1n) is 6.78. The zero-order valence-electron chi connectivity index (χ0n) is 12.3. The quantitative estimate of drug-likeness (QED) is 0.848.